The van der Waals surface area contributed by atoms with Gasteiger partial charge in [0.1, 0.15) is 0 Å². The van der Waals surface area contributed by atoms with Crippen molar-refractivity contribution in [2.24, 2.45) is 17.3 Å². The topological polar surface area (TPSA) is 12.0 Å². The first-order chi connectivity index (χ1) is 6.91. The van der Waals surface area contributed by atoms with Crippen molar-refractivity contribution < 1.29 is 0 Å². The first-order valence-corrected chi connectivity index (χ1v) is 6.64. The Morgan fingerprint density at radius 1 is 1.13 bits per heavy atom. The summed E-state index contributed by atoms with van der Waals surface area (Å²) in [5.41, 5.74) is 0.599. The molecular weight excluding hydrogens is 182 g/mol. The van der Waals surface area contributed by atoms with Crippen molar-refractivity contribution in [3.63, 3.8) is 0 Å². The van der Waals surface area contributed by atoms with Gasteiger partial charge >= 0.3 is 0 Å². The highest BCUT2D eigenvalue weighted by Crippen LogP contribution is 2.35. The van der Waals surface area contributed by atoms with E-state index in [0.717, 1.165) is 17.9 Å². The molecule has 15 heavy (non-hydrogen) atoms. The van der Waals surface area contributed by atoms with Gasteiger partial charge in [0.25, 0.3) is 0 Å². The van der Waals surface area contributed by atoms with E-state index in [0.29, 0.717) is 5.41 Å². The Morgan fingerprint density at radius 2 is 1.67 bits per heavy atom. The maximum Gasteiger partial charge on any atom is 0.00675 e. The van der Waals surface area contributed by atoms with Gasteiger partial charge in [-0.2, -0.15) is 0 Å². The van der Waals surface area contributed by atoms with Crippen molar-refractivity contribution in [1.29, 1.82) is 0 Å². The molecule has 1 heteroatoms. The lowest BCUT2D eigenvalue weighted by Crippen LogP contribution is -2.38. The smallest absolute Gasteiger partial charge is 0.00675 e. The predicted octanol–water partition coefficient (Wildman–Crippen LogP) is 3.84. The van der Waals surface area contributed by atoms with E-state index in [1.54, 1.807) is 0 Å². The molecule has 0 aromatic rings. The number of rotatable bonds is 4. The molecular formula is C14H29N. The van der Waals surface area contributed by atoms with Gasteiger partial charge in [0.15, 0.2) is 0 Å². The van der Waals surface area contributed by atoms with Crippen molar-refractivity contribution in [2.75, 3.05) is 6.54 Å². The van der Waals surface area contributed by atoms with Crippen LogP contribution in [0.15, 0.2) is 0 Å². The SMILES string of the molecule is CC(C)C(C)CNC1CCC(C)(C)CC1. The second kappa shape index (κ2) is 5.34. The molecule has 0 aliphatic heterocycles. The van der Waals surface area contributed by atoms with Crippen LogP contribution >= 0.6 is 0 Å². The van der Waals surface area contributed by atoms with Gasteiger partial charge in [-0.15, -0.1) is 0 Å². The Kier molecular flexibility index (Phi) is 4.64. The molecule has 1 unspecified atom stereocenters. The zero-order chi connectivity index (χ0) is 11.5. The lowest BCUT2D eigenvalue weighted by Gasteiger charge is -2.35. The van der Waals surface area contributed by atoms with Crippen LogP contribution in [0, 0.1) is 17.3 Å². The lowest BCUT2D eigenvalue weighted by molar-refractivity contribution is 0.200. The maximum absolute atomic E-state index is 3.74. The van der Waals surface area contributed by atoms with Crippen LogP contribution in [-0.4, -0.2) is 12.6 Å². The van der Waals surface area contributed by atoms with Gasteiger partial charge in [0.05, 0.1) is 0 Å². The summed E-state index contributed by atoms with van der Waals surface area (Å²) in [5, 5.41) is 3.74. The first-order valence-electron chi connectivity index (χ1n) is 6.64. The third-order valence-corrected chi connectivity index (χ3v) is 4.21. The van der Waals surface area contributed by atoms with Crippen LogP contribution in [0.2, 0.25) is 0 Å². The molecule has 0 saturated heterocycles. The van der Waals surface area contributed by atoms with E-state index in [1.807, 2.05) is 0 Å². The van der Waals surface area contributed by atoms with Gasteiger partial charge in [-0.3, -0.25) is 0 Å². The molecule has 1 nitrogen and oxygen atoms in total. The Bertz CT molecular complexity index is 174. The van der Waals surface area contributed by atoms with E-state index in [-0.39, 0.29) is 0 Å². The molecule has 1 rings (SSSR count). The van der Waals surface area contributed by atoms with Crippen molar-refractivity contribution in [1.82, 2.24) is 5.32 Å². The highest BCUT2D eigenvalue weighted by molar-refractivity contribution is 4.82. The summed E-state index contributed by atoms with van der Waals surface area (Å²) in [5.74, 6) is 1.61. The first kappa shape index (κ1) is 13.0. The standard InChI is InChI=1S/C14H29N/c1-11(2)12(3)10-15-13-6-8-14(4,5)9-7-13/h11-13,15H,6-10H2,1-5H3. The van der Waals surface area contributed by atoms with Crippen LogP contribution in [0.4, 0.5) is 0 Å². The summed E-state index contributed by atoms with van der Waals surface area (Å²) in [7, 11) is 0. The van der Waals surface area contributed by atoms with Crippen LogP contribution in [0.5, 0.6) is 0 Å². The molecule has 1 N–H and O–H groups in total. The fraction of sp³-hybridized carbons (Fsp3) is 1.00. The summed E-state index contributed by atoms with van der Waals surface area (Å²) < 4.78 is 0. The van der Waals surface area contributed by atoms with E-state index in [4.69, 9.17) is 0 Å². The highest BCUT2D eigenvalue weighted by Gasteiger charge is 2.26. The van der Waals surface area contributed by atoms with E-state index in [1.165, 1.54) is 32.2 Å². The van der Waals surface area contributed by atoms with Crippen LogP contribution in [0.25, 0.3) is 0 Å². The zero-order valence-corrected chi connectivity index (χ0v) is 11.3. The third kappa shape index (κ3) is 4.55. The lowest BCUT2D eigenvalue weighted by atomic mass is 9.75. The van der Waals surface area contributed by atoms with Gasteiger partial charge in [-0.1, -0.05) is 34.6 Å². The molecule has 1 aliphatic rings. The van der Waals surface area contributed by atoms with Gasteiger partial charge < -0.3 is 5.32 Å². The fourth-order valence-corrected chi connectivity index (χ4v) is 2.19. The molecule has 0 heterocycles. The molecule has 1 aliphatic carbocycles. The molecule has 0 bridgehead atoms. The van der Waals surface area contributed by atoms with E-state index < -0.39 is 0 Å². The van der Waals surface area contributed by atoms with Crippen LogP contribution < -0.4 is 5.32 Å². The van der Waals surface area contributed by atoms with Crippen molar-refractivity contribution >= 4 is 0 Å². The summed E-state index contributed by atoms with van der Waals surface area (Å²) in [6.07, 6.45) is 5.52. The second-order valence-electron chi connectivity index (χ2n) is 6.57. The molecule has 1 atom stereocenters. The average Bonchev–Trinajstić information content (AvgIpc) is 2.15. The Labute approximate surface area is 96.0 Å². The van der Waals surface area contributed by atoms with Gasteiger partial charge in [-0.25, -0.2) is 0 Å². The number of hydrogen-bond acceptors (Lipinski definition) is 1. The van der Waals surface area contributed by atoms with Gasteiger partial charge in [-0.05, 0) is 49.5 Å². The summed E-state index contributed by atoms with van der Waals surface area (Å²) in [6.45, 7) is 13.0. The summed E-state index contributed by atoms with van der Waals surface area (Å²) in [4.78, 5) is 0. The van der Waals surface area contributed by atoms with Crippen LogP contribution in [0.1, 0.15) is 60.3 Å². The minimum absolute atomic E-state index is 0.599. The minimum atomic E-state index is 0.599. The third-order valence-electron chi connectivity index (χ3n) is 4.21. The van der Waals surface area contributed by atoms with Crippen LogP contribution in [0.3, 0.4) is 0 Å². The van der Waals surface area contributed by atoms with Crippen molar-refractivity contribution in [3.05, 3.63) is 0 Å². The Morgan fingerprint density at radius 3 is 2.13 bits per heavy atom. The summed E-state index contributed by atoms with van der Waals surface area (Å²) >= 11 is 0. The normalized spacial score (nSPS) is 24.4. The van der Waals surface area contributed by atoms with E-state index in [2.05, 4.69) is 39.9 Å². The van der Waals surface area contributed by atoms with Gasteiger partial charge in [0.2, 0.25) is 0 Å². The van der Waals surface area contributed by atoms with E-state index >= 15 is 0 Å². The maximum atomic E-state index is 3.74. The molecule has 1 saturated carbocycles. The number of hydrogen-bond donors (Lipinski definition) is 1. The summed E-state index contributed by atoms with van der Waals surface area (Å²) in [6, 6.07) is 0.791. The van der Waals surface area contributed by atoms with Crippen molar-refractivity contribution in [2.45, 2.75) is 66.3 Å². The Balaban J connectivity index is 2.19. The predicted molar refractivity (Wildman–Crippen MR) is 68.0 cm³/mol. The van der Waals surface area contributed by atoms with Crippen LogP contribution in [-0.2, 0) is 0 Å². The van der Waals surface area contributed by atoms with E-state index in [9.17, 15) is 0 Å². The zero-order valence-electron chi connectivity index (χ0n) is 11.3. The number of nitrogens with one attached hydrogen (secondary N) is 1. The average molecular weight is 211 g/mol. The Hall–Kier alpha value is -0.0400. The molecule has 0 aromatic carbocycles. The molecule has 0 radical (unpaired) electrons. The minimum Gasteiger partial charge on any atom is -0.314 e. The van der Waals surface area contributed by atoms with Crippen molar-refractivity contribution in [3.8, 4) is 0 Å². The molecule has 0 amide bonds. The second-order valence-corrected chi connectivity index (χ2v) is 6.57. The fourth-order valence-electron chi connectivity index (χ4n) is 2.19. The van der Waals surface area contributed by atoms with Gasteiger partial charge in [0, 0.05) is 6.04 Å². The molecule has 0 aromatic heterocycles. The molecule has 0 spiro atoms. The monoisotopic (exact) mass is 211 g/mol. The quantitative estimate of drug-likeness (QED) is 0.745. The highest BCUT2D eigenvalue weighted by atomic mass is 14.9. The largest absolute Gasteiger partial charge is 0.314 e. The molecule has 1 fully saturated rings. The molecule has 90 valence electrons.